The Bertz CT molecular complexity index is 229. The number of nitrogens with zero attached hydrogens (tertiary/aromatic N) is 1. The van der Waals surface area contributed by atoms with Gasteiger partial charge in [-0.15, -0.1) is 0 Å². The molecule has 0 bridgehead atoms. The van der Waals surface area contributed by atoms with Gasteiger partial charge in [0.05, 0.1) is 4.83 Å². The van der Waals surface area contributed by atoms with Gasteiger partial charge >= 0.3 is 0 Å². The van der Waals surface area contributed by atoms with Crippen molar-refractivity contribution in [1.29, 1.82) is 0 Å². The second-order valence-electron chi connectivity index (χ2n) is 4.55. The third-order valence-electron chi connectivity index (χ3n) is 3.63. The highest BCUT2D eigenvalue weighted by Gasteiger charge is 2.38. The van der Waals surface area contributed by atoms with E-state index in [0.717, 1.165) is 12.5 Å². The van der Waals surface area contributed by atoms with Crippen LogP contribution in [0.4, 0.5) is 0 Å². The molecular weight excluding hydrogens is 242 g/mol. The van der Waals surface area contributed by atoms with Crippen molar-refractivity contribution in [3.05, 3.63) is 0 Å². The minimum atomic E-state index is -0.0109. The summed E-state index contributed by atoms with van der Waals surface area (Å²) in [6.07, 6.45) is 6.48. The highest BCUT2D eigenvalue weighted by atomic mass is 79.9. The molecule has 1 aliphatic carbocycles. The number of halogens is 1. The number of carbonyl (C=O) groups is 1. The Balaban J connectivity index is 2.03. The second-order valence-corrected chi connectivity index (χ2v) is 5.92. The Hall–Kier alpha value is -0.0500. The number of amides is 1. The summed E-state index contributed by atoms with van der Waals surface area (Å²) in [5.41, 5.74) is 0. The Morgan fingerprint density at radius 3 is 2.79 bits per heavy atom. The van der Waals surface area contributed by atoms with Gasteiger partial charge in [-0.2, -0.15) is 0 Å². The van der Waals surface area contributed by atoms with E-state index >= 15 is 0 Å². The SMILES string of the molecule is CC(Br)C(=O)N1CCC2CCCCC21. The number of fused-ring (bicyclic) bond motifs is 1. The zero-order valence-electron chi connectivity index (χ0n) is 8.71. The predicted molar refractivity (Wildman–Crippen MR) is 60.5 cm³/mol. The van der Waals surface area contributed by atoms with Crippen LogP contribution in [0.5, 0.6) is 0 Å². The van der Waals surface area contributed by atoms with Gasteiger partial charge in [-0.3, -0.25) is 4.79 Å². The third-order valence-corrected chi connectivity index (χ3v) is 4.03. The van der Waals surface area contributed by atoms with Crippen LogP contribution in [0.15, 0.2) is 0 Å². The van der Waals surface area contributed by atoms with E-state index in [1.54, 1.807) is 0 Å². The third kappa shape index (κ3) is 1.83. The van der Waals surface area contributed by atoms with E-state index in [2.05, 4.69) is 20.8 Å². The van der Waals surface area contributed by atoms with Crippen molar-refractivity contribution in [2.45, 2.75) is 49.9 Å². The largest absolute Gasteiger partial charge is 0.338 e. The lowest BCUT2D eigenvalue weighted by atomic mass is 9.85. The molecule has 1 saturated heterocycles. The first-order valence-electron chi connectivity index (χ1n) is 5.64. The van der Waals surface area contributed by atoms with Gasteiger partial charge in [0, 0.05) is 12.6 Å². The lowest BCUT2D eigenvalue weighted by molar-refractivity contribution is -0.131. The first-order valence-corrected chi connectivity index (χ1v) is 6.56. The molecule has 0 N–H and O–H groups in total. The summed E-state index contributed by atoms with van der Waals surface area (Å²) in [7, 11) is 0. The Labute approximate surface area is 94.2 Å². The number of likely N-dealkylation sites (tertiary alicyclic amines) is 1. The van der Waals surface area contributed by atoms with Crippen molar-refractivity contribution >= 4 is 21.8 Å². The molecular formula is C11H18BrNO. The lowest BCUT2D eigenvalue weighted by Crippen LogP contribution is -2.42. The molecule has 1 saturated carbocycles. The maximum absolute atomic E-state index is 11.9. The summed E-state index contributed by atoms with van der Waals surface area (Å²) in [5.74, 6) is 1.10. The van der Waals surface area contributed by atoms with Crippen LogP contribution >= 0.6 is 15.9 Å². The van der Waals surface area contributed by atoms with Gasteiger partial charge in [0.2, 0.25) is 5.91 Å². The molecule has 2 rings (SSSR count). The van der Waals surface area contributed by atoms with E-state index < -0.39 is 0 Å². The van der Waals surface area contributed by atoms with Gasteiger partial charge in [0.1, 0.15) is 0 Å². The topological polar surface area (TPSA) is 20.3 Å². The van der Waals surface area contributed by atoms with Crippen LogP contribution < -0.4 is 0 Å². The van der Waals surface area contributed by atoms with Crippen LogP contribution in [0, 0.1) is 5.92 Å². The Morgan fingerprint density at radius 2 is 2.07 bits per heavy atom. The lowest BCUT2D eigenvalue weighted by Gasteiger charge is -2.32. The zero-order chi connectivity index (χ0) is 10.1. The quantitative estimate of drug-likeness (QED) is 0.663. The van der Waals surface area contributed by atoms with Gasteiger partial charge in [-0.1, -0.05) is 28.8 Å². The molecule has 1 heterocycles. The van der Waals surface area contributed by atoms with Crippen molar-refractivity contribution in [3.63, 3.8) is 0 Å². The molecule has 0 aromatic carbocycles. The number of hydrogen-bond donors (Lipinski definition) is 0. The van der Waals surface area contributed by atoms with Crippen molar-refractivity contribution in [3.8, 4) is 0 Å². The van der Waals surface area contributed by atoms with E-state index in [-0.39, 0.29) is 4.83 Å². The molecule has 0 radical (unpaired) electrons. The summed E-state index contributed by atoms with van der Waals surface area (Å²) in [6.45, 7) is 2.92. The predicted octanol–water partition coefficient (Wildman–Crippen LogP) is 2.56. The van der Waals surface area contributed by atoms with Crippen molar-refractivity contribution in [2.75, 3.05) is 6.54 Å². The second kappa shape index (κ2) is 4.21. The molecule has 0 aromatic rings. The molecule has 14 heavy (non-hydrogen) atoms. The first kappa shape index (κ1) is 10.5. The summed E-state index contributed by atoms with van der Waals surface area (Å²) >= 11 is 3.38. The van der Waals surface area contributed by atoms with Crippen molar-refractivity contribution < 1.29 is 4.79 Å². The minimum Gasteiger partial charge on any atom is -0.338 e. The maximum Gasteiger partial charge on any atom is 0.236 e. The number of rotatable bonds is 1. The monoisotopic (exact) mass is 259 g/mol. The van der Waals surface area contributed by atoms with Crippen LogP contribution in [0.2, 0.25) is 0 Å². The number of carbonyl (C=O) groups excluding carboxylic acids is 1. The smallest absolute Gasteiger partial charge is 0.236 e. The minimum absolute atomic E-state index is 0.0109. The average Bonchev–Trinajstić information content (AvgIpc) is 2.60. The molecule has 1 aliphatic heterocycles. The van der Waals surface area contributed by atoms with Crippen LogP contribution in [-0.2, 0) is 4.79 Å². The molecule has 1 amide bonds. The maximum atomic E-state index is 11.9. The van der Waals surface area contributed by atoms with E-state index in [1.807, 2.05) is 6.92 Å². The molecule has 2 aliphatic rings. The fourth-order valence-electron chi connectivity index (χ4n) is 2.91. The standard InChI is InChI=1S/C11H18BrNO/c1-8(12)11(14)13-7-6-9-4-2-3-5-10(9)13/h8-10H,2-7H2,1H3. The Kier molecular flexibility index (Phi) is 3.15. The van der Waals surface area contributed by atoms with Crippen molar-refractivity contribution in [1.82, 2.24) is 4.90 Å². The number of hydrogen-bond acceptors (Lipinski definition) is 1. The molecule has 3 atom stereocenters. The summed E-state index contributed by atoms with van der Waals surface area (Å²) in [5, 5.41) is 0. The van der Waals surface area contributed by atoms with Crippen LogP contribution in [0.25, 0.3) is 0 Å². The molecule has 0 spiro atoms. The van der Waals surface area contributed by atoms with Crippen LogP contribution in [-0.4, -0.2) is 28.2 Å². The molecule has 2 nitrogen and oxygen atoms in total. The Morgan fingerprint density at radius 1 is 1.36 bits per heavy atom. The van der Waals surface area contributed by atoms with E-state index in [1.165, 1.54) is 32.1 Å². The summed E-state index contributed by atoms with van der Waals surface area (Å²) in [6, 6.07) is 0.566. The van der Waals surface area contributed by atoms with E-state index in [9.17, 15) is 4.79 Å². The summed E-state index contributed by atoms with van der Waals surface area (Å²) in [4.78, 5) is 14.0. The van der Waals surface area contributed by atoms with E-state index in [0.29, 0.717) is 11.9 Å². The fraction of sp³-hybridized carbons (Fsp3) is 0.909. The highest BCUT2D eigenvalue weighted by molar-refractivity contribution is 9.10. The number of alkyl halides is 1. The average molecular weight is 260 g/mol. The van der Waals surface area contributed by atoms with Gasteiger partial charge in [-0.25, -0.2) is 0 Å². The van der Waals surface area contributed by atoms with Gasteiger partial charge in [0.25, 0.3) is 0 Å². The van der Waals surface area contributed by atoms with Crippen LogP contribution in [0.1, 0.15) is 39.0 Å². The van der Waals surface area contributed by atoms with Gasteiger partial charge < -0.3 is 4.90 Å². The molecule has 3 unspecified atom stereocenters. The van der Waals surface area contributed by atoms with Crippen molar-refractivity contribution in [2.24, 2.45) is 5.92 Å². The molecule has 0 aromatic heterocycles. The zero-order valence-corrected chi connectivity index (χ0v) is 10.3. The van der Waals surface area contributed by atoms with Gasteiger partial charge in [-0.05, 0) is 32.1 Å². The normalized spacial score (nSPS) is 34.0. The highest BCUT2D eigenvalue weighted by Crippen LogP contribution is 2.36. The van der Waals surface area contributed by atoms with E-state index in [4.69, 9.17) is 0 Å². The van der Waals surface area contributed by atoms with Gasteiger partial charge in [0.15, 0.2) is 0 Å². The molecule has 80 valence electrons. The molecule has 2 fully saturated rings. The fourth-order valence-corrected chi connectivity index (χ4v) is 3.17. The summed E-state index contributed by atoms with van der Waals surface area (Å²) < 4.78 is 0. The van der Waals surface area contributed by atoms with Crippen LogP contribution in [0.3, 0.4) is 0 Å². The molecule has 3 heteroatoms. The first-order chi connectivity index (χ1) is 6.70.